The van der Waals surface area contributed by atoms with Crippen LogP contribution in [0.3, 0.4) is 0 Å². The molecule has 6 nitrogen and oxygen atoms in total. The van der Waals surface area contributed by atoms with Crippen molar-refractivity contribution >= 4 is 6.09 Å². The fourth-order valence-electron chi connectivity index (χ4n) is 4.04. The first-order valence-corrected chi connectivity index (χ1v) is 10.5. The van der Waals surface area contributed by atoms with Crippen molar-refractivity contribution in [3.05, 3.63) is 89.5 Å². The Morgan fingerprint density at radius 3 is 2.03 bits per heavy atom. The number of fused-ring (bicyclic) bond motifs is 3. The highest BCUT2D eigenvalue weighted by molar-refractivity contribution is 5.79. The van der Waals surface area contributed by atoms with E-state index in [0.29, 0.717) is 0 Å². The highest BCUT2D eigenvalue weighted by atomic mass is 19.4. The topological polar surface area (TPSA) is 88.0 Å². The number of ether oxygens (including phenoxy) is 2. The monoisotopic (exact) mass is 473 g/mol. The summed E-state index contributed by atoms with van der Waals surface area (Å²) in [5.41, 5.74) is 4.47. The Balaban J connectivity index is 1.30. The van der Waals surface area contributed by atoms with Crippen LogP contribution in [0.4, 0.5) is 18.0 Å². The van der Waals surface area contributed by atoms with Gasteiger partial charge in [-0.25, -0.2) is 4.79 Å². The van der Waals surface area contributed by atoms with Gasteiger partial charge in [-0.3, -0.25) is 0 Å². The van der Waals surface area contributed by atoms with Gasteiger partial charge >= 0.3 is 12.5 Å². The van der Waals surface area contributed by atoms with Crippen LogP contribution in [0.5, 0.6) is 5.75 Å². The van der Waals surface area contributed by atoms with E-state index < -0.39 is 30.4 Å². The first-order chi connectivity index (χ1) is 16.2. The van der Waals surface area contributed by atoms with Crippen LogP contribution in [0, 0.1) is 0 Å². The minimum atomic E-state index is -4.83. The number of nitrogens with one attached hydrogen (secondary N) is 1. The van der Waals surface area contributed by atoms with E-state index in [4.69, 9.17) is 4.74 Å². The second-order valence-electron chi connectivity index (χ2n) is 7.84. The zero-order chi connectivity index (χ0) is 24.3. The van der Waals surface area contributed by atoms with E-state index in [0.717, 1.165) is 34.4 Å². The lowest BCUT2D eigenvalue weighted by Crippen LogP contribution is -2.36. The molecule has 4 rings (SSSR count). The van der Waals surface area contributed by atoms with Crippen LogP contribution in [0.15, 0.2) is 72.8 Å². The number of hydrogen-bond donors (Lipinski definition) is 3. The van der Waals surface area contributed by atoms with Crippen molar-refractivity contribution in [3.63, 3.8) is 0 Å². The number of halogens is 3. The first kappa shape index (κ1) is 23.6. The smallest absolute Gasteiger partial charge is 0.449 e. The second kappa shape index (κ2) is 9.74. The predicted molar refractivity (Wildman–Crippen MR) is 117 cm³/mol. The molecular formula is C25H22F3NO5. The molecule has 3 aromatic carbocycles. The molecule has 3 aromatic rings. The minimum absolute atomic E-state index is 0.0964. The summed E-state index contributed by atoms with van der Waals surface area (Å²) in [5.74, 6) is -0.569. The average Bonchev–Trinajstić information content (AvgIpc) is 3.14. The Kier molecular flexibility index (Phi) is 6.76. The summed E-state index contributed by atoms with van der Waals surface area (Å²) < 4.78 is 45.9. The third-order valence-electron chi connectivity index (χ3n) is 5.62. The van der Waals surface area contributed by atoms with E-state index in [9.17, 15) is 28.2 Å². The maximum atomic E-state index is 12.2. The number of hydrogen-bond acceptors (Lipinski definition) is 5. The Morgan fingerprint density at radius 2 is 1.47 bits per heavy atom. The van der Waals surface area contributed by atoms with E-state index >= 15 is 0 Å². The van der Waals surface area contributed by atoms with Gasteiger partial charge in [0, 0.05) is 12.5 Å². The van der Waals surface area contributed by atoms with Gasteiger partial charge in [-0.05, 0) is 39.9 Å². The van der Waals surface area contributed by atoms with Gasteiger partial charge in [-0.2, -0.15) is 0 Å². The first-order valence-electron chi connectivity index (χ1n) is 10.5. The maximum absolute atomic E-state index is 12.2. The van der Waals surface area contributed by atoms with E-state index in [-0.39, 0.29) is 24.6 Å². The number of carbonyl (C=O) groups excluding carboxylic acids is 1. The average molecular weight is 473 g/mol. The van der Waals surface area contributed by atoms with Gasteiger partial charge in [-0.15, -0.1) is 13.2 Å². The molecule has 2 atom stereocenters. The lowest BCUT2D eigenvalue weighted by atomic mass is 9.98. The molecular weight excluding hydrogens is 451 g/mol. The van der Waals surface area contributed by atoms with E-state index in [1.54, 1.807) is 0 Å². The molecule has 0 heterocycles. The zero-order valence-corrected chi connectivity index (χ0v) is 17.8. The fourth-order valence-corrected chi connectivity index (χ4v) is 4.04. The second-order valence-corrected chi connectivity index (χ2v) is 7.84. The van der Waals surface area contributed by atoms with Crippen LogP contribution >= 0.6 is 0 Å². The van der Waals surface area contributed by atoms with Crippen molar-refractivity contribution in [1.82, 2.24) is 5.32 Å². The Morgan fingerprint density at radius 1 is 0.912 bits per heavy atom. The third kappa shape index (κ3) is 5.32. The van der Waals surface area contributed by atoms with Gasteiger partial charge in [0.1, 0.15) is 24.6 Å². The number of alkyl carbamates (subject to hydrolysis) is 1. The van der Waals surface area contributed by atoms with Crippen LogP contribution < -0.4 is 10.1 Å². The highest BCUT2D eigenvalue weighted by Crippen LogP contribution is 2.44. The Bertz CT molecular complexity index is 1100. The number of aliphatic hydroxyl groups excluding tert-OH is 2. The van der Waals surface area contributed by atoms with Crippen molar-refractivity contribution in [2.45, 2.75) is 24.5 Å². The van der Waals surface area contributed by atoms with Crippen molar-refractivity contribution in [1.29, 1.82) is 0 Å². The van der Waals surface area contributed by atoms with Crippen LogP contribution in [0.2, 0.25) is 0 Å². The molecule has 0 bridgehead atoms. The van der Waals surface area contributed by atoms with Crippen LogP contribution in [-0.4, -0.2) is 41.9 Å². The van der Waals surface area contributed by atoms with Crippen molar-refractivity contribution in [3.8, 4) is 16.9 Å². The number of amides is 1. The molecule has 0 spiro atoms. The molecule has 0 radical (unpaired) electrons. The van der Waals surface area contributed by atoms with Crippen molar-refractivity contribution in [2.75, 3.05) is 13.2 Å². The predicted octanol–water partition coefficient (Wildman–Crippen LogP) is 4.52. The van der Waals surface area contributed by atoms with Crippen LogP contribution in [0.25, 0.3) is 11.1 Å². The Hall–Kier alpha value is -3.56. The van der Waals surface area contributed by atoms with Crippen LogP contribution in [0.1, 0.15) is 28.7 Å². The number of carbonyl (C=O) groups is 1. The summed E-state index contributed by atoms with van der Waals surface area (Å²) >= 11 is 0. The molecule has 1 aliphatic carbocycles. The van der Waals surface area contributed by atoms with Crippen LogP contribution in [-0.2, 0) is 4.74 Å². The van der Waals surface area contributed by atoms with E-state index in [2.05, 4.69) is 10.1 Å². The molecule has 178 valence electrons. The largest absolute Gasteiger partial charge is 0.573 e. The molecule has 0 aliphatic heterocycles. The van der Waals surface area contributed by atoms with Gasteiger partial charge in [0.25, 0.3) is 0 Å². The molecule has 2 unspecified atom stereocenters. The summed E-state index contributed by atoms with van der Waals surface area (Å²) in [4.78, 5) is 12.2. The summed E-state index contributed by atoms with van der Waals surface area (Å²) in [6, 6.07) is 20.2. The molecule has 0 fully saturated rings. The number of alkyl halides is 3. The number of rotatable bonds is 7. The van der Waals surface area contributed by atoms with Gasteiger partial charge < -0.3 is 25.0 Å². The summed E-state index contributed by atoms with van der Waals surface area (Å²) in [6.45, 7) is -0.224. The van der Waals surface area contributed by atoms with Crippen molar-refractivity contribution < 1.29 is 37.7 Å². The zero-order valence-electron chi connectivity index (χ0n) is 17.8. The lowest BCUT2D eigenvalue weighted by molar-refractivity contribution is -0.274. The summed E-state index contributed by atoms with van der Waals surface area (Å²) in [7, 11) is 0. The van der Waals surface area contributed by atoms with Gasteiger partial charge in [0.2, 0.25) is 0 Å². The molecule has 0 saturated carbocycles. The molecule has 34 heavy (non-hydrogen) atoms. The van der Waals surface area contributed by atoms with E-state index in [1.807, 2.05) is 48.5 Å². The maximum Gasteiger partial charge on any atom is 0.573 e. The normalized spacial score (nSPS) is 14.6. The highest BCUT2D eigenvalue weighted by Gasteiger charge is 2.31. The van der Waals surface area contributed by atoms with Crippen molar-refractivity contribution in [2.24, 2.45) is 0 Å². The number of benzene rings is 3. The lowest BCUT2D eigenvalue weighted by Gasteiger charge is -2.20. The molecule has 3 N–H and O–H groups in total. The molecule has 0 saturated heterocycles. The molecule has 9 heteroatoms. The minimum Gasteiger partial charge on any atom is -0.449 e. The fraction of sp³-hybridized carbons (Fsp3) is 0.240. The molecule has 0 aromatic heterocycles. The third-order valence-corrected chi connectivity index (χ3v) is 5.62. The van der Waals surface area contributed by atoms with Gasteiger partial charge in [0.05, 0.1) is 0 Å². The van der Waals surface area contributed by atoms with Gasteiger partial charge in [0.15, 0.2) is 0 Å². The molecule has 1 aliphatic rings. The number of aliphatic hydroxyl groups is 2. The summed E-state index contributed by atoms with van der Waals surface area (Å²) in [5, 5.41) is 22.8. The summed E-state index contributed by atoms with van der Waals surface area (Å²) in [6.07, 6.45) is -8.43. The quantitative estimate of drug-likeness (QED) is 0.470. The SMILES string of the molecule is O=C(NCC(O)C(O)c1ccc(OC(F)(F)F)cc1)OCC1c2ccccc2-c2ccccc21. The standard InChI is InChI=1S/C25H22F3NO5/c26-25(27,28)34-16-11-9-15(10-12-16)23(31)22(30)13-29-24(32)33-14-21-19-7-3-1-5-17(19)18-6-2-4-8-20(18)21/h1-12,21-23,30-31H,13-14H2,(H,29,32). The van der Waals surface area contributed by atoms with E-state index in [1.165, 1.54) is 12.1 Å². The van der Waals surface area contributed by atoms with Gasteiger partial charge in [-0.1, -0.05) is 60.7 Å². The Labute approximate surface area is 193 Å². The molecule has 1 amide bonds.